The fourth-order valence-electron chi connectivity index (χ4n) is 4.48. The molecule has 0 radical (unpaired) electrons. The van der Waals surface area contributed by atoms with Crippen molar-refractivity contribution in [2.75, 3.05) is 12.4 Å². The average Bonchev–Trinajstić information content (AvgIpc) is 2.86. The summed E-state index contributed by atoms with van der Waals surface area (Å²) in [5, 5.41) is 8.45. The van der Waals surface area contributed by atoms with Crippen LogP contribution in [0.3, 0.4) is 0 Å². The number of halogens is 1. The van der Waals surface area contributed by atoms with E-state index in [2.05, 4.69) is 27.0 Å². The molecule has 8 nitrogen and oxygen atoms in total. The van der Waals surface area contributed by atoms with Gasteiger partial charge in [0.15, 0.2) is 0 Å². The van der Waals surface area contributed by atoms with Crippen LogP contribution >= 0.6 is 0 Å². The molecule has 1 heterocycles. The van der Waals surface area contributed by atoms with E-state index in [0.29, 0.717) is 11.1 Å². The lowest BCUT2D eigenvalue weighted by atomic mass is 9.88. The van der Waals surface area contributed by atoms with Crippen molar-refractivity contribution >= 4 is 17.5 Å². The summed E-state index contributed by atoms with van der Waals surface area (Å²) in [7, 11) is 1.63. The van der Waals surface area contributed by atoms with Crippen molar-refractivity contribution in [2.24, 2.45) is 0 Å². The fourth-order valence-corrected chi connectivity index (χ4v) is 4.48. The number of amides is 2. The number of rotatable bonds is 7. The molecule has 1 aromatic heterocycles. The van der Waals surface area contributed by atoms with E-state index in [0.717, 1.165) is 24.8 Å². The Balaban J connectivity index is 1.68. The highest BCUT2D eigenvalue weighted by atomic mass is 19.1. The Labute approximate surface area is 209 Å². The first kappa shape index (κ1) is 25.2. The molecule has 0 fully saturated rings. The molecule has 4 rings (SSSR count). The van der Waals surface area contributed by atoms with Crippen LogP contribution < -0.4 is 21.5 Å². The topological polar surface area (TPSA) is 105 Å². The highest BCUT2D eigenvalue weighted by molar-refractivity contribution is 5.94. The molecule has 2 atom stereocenters. The van der Waals surface area contributed by atoms with Crippen molar-refractivity contribution < 1.29 is 14.0 Å². The number of hydrogen-bond donors (Lipinski definition) is 3. The molecule has 0 saturated carbocycles. The highest BCUT2D eigenvalue weighted by Crippen LogP contribution is 2.29. The summed E-state index contributed by atoms with van der Waals surface area (Å²) in [5.41, 5.74) is 2.77. The number of benzene rings is 2. The van der Waals surface area contributed by atoms with Gasteiger partial charge in [0, 0.05) is 5.56 Å². The van der Waals surface area contributed by atoms with Crippen molar-refractivity contribution in [2.45, 2.75) is 51.7 Å². The molecule has 1 aliphatic rings. The summed E-state index contributed by atoms with van der Waals surface area (Å²) in [5.74, 6) is -0.953. The summed E-state index contributed by atoms with van der Waals surface area (Å²) in [6.07, 6.45) is 3.99. The normalized spacial score (nSPS) is 15.6. The van der Waals surface area contributed by atoms with Crippen LogP contribution in [0.5, 0.6) is 0 Å². The SMILES string of the molecule is CN[C@@H](C)C(=O)Nc1cnc(-c2ccc(F)cc2C)n(CC(=O)NC2CCCc3ccccc32)c1=O. The Kier molecular flexibility index (Phi) is 7.59. The average molecular weight is 492 g/mol. The number of hydrogen-bond acceptors (Lipinski definition) is 5. The van der Waals surface area contributed by atoms with Crippen LogP contribution in [0, 0.1) is 12.7 Å². The van der Waals surface area contributed by atoms with E-state index in [1.54, 1.807) is 20.9 Å². The summed E-state index contributed by atoms with van der Waals surface area (Å²) >= 11 is 0. The van der Waals surface area contributed by atoms with Gasteiger partial charge in [-0.3, -0.25) is 19.0 Å². The molecule has 0 bridgehead atoms. The second-order valence-electron chi connectivity index (χ2n) is 9.06. The van der Waals surface area contributed by atoms with Crippen LogP contribution in [0.4, 0.5) is 10.1 Å². The molecule has 1 unspecified atom stereocenters. The first-order chi connectivity index (χ1) is 17.3. The molecule has 1 aliphatic carbocycles. The van der Waals surface area contributed by atoms with E-state index in [1.165, 1.54) is 34.5 Å². The van der Waals surface area contributed by atoms with Gasteiger partial charge < -0.3 is 16.0 Å². The molecule has 188 valence electrons. The number of carbonyl (C=O) groups is 2. The Morgan fingerprint density at radius 1 is 1.22 bits per heavy atom. The molecule has 2 amide bonds. The van der Waals surface area contributed by atoms with Crippen molar-refractivity contribution in [1.29, 1.82) is 0 Å². The maximum Gasteiger partial charge on any atom is 0.278 e. The van der Waals surface area contributed by atoms with Gasteiger partial charge >= 0.3 is 0 Å². The first-order valence-corrected chi connectivity index (χ1v) is 12.0. The lowest BCUT2D eigenvalue weighted by Crippen LogP contribution is -2.40. The van der Waals surface area contributed by atoms with Gasteiger partial charge in [-0.25, -0.2) is 9.37 Å². The molecular formula is C27H30FN5O3. The second-order valence-corrected chi connectivity index (χ2v) is 9.06. The number of aromatic nitrogens is 2. The van der Waals surface area contributed by atoms with Gasteiger partial charge in [0.1, 0.15) is 23.9 Å². The van der Waals surface area contributed by atoms with E-state index < -0.39 is 23.3 Å². The van der Waals surface area contributed by atoms with Crippen molar-refractivity contribution in [3.63, 3.8) is 0 Å². The number of likely N-dealkylation sites (N-methyl/N-ethyl adjacent to an activating group) is 1. The molecule has 3 N–H and O–H groups in total. The zero-order chi connectivity index (χ0) is 25.8. The zero-order valence-electron chi connectivity index (χ0n) is 20.6. The van der Waals surface area contributed by atoms with Crippen LogP contribution in [-0.4, -0.2) is 34.5 Å². The van der Waals surface area contributed by atoms with E-state index in [-0.39, 0.29) is 30.0 Å². The predicted octanol–water partition coefficient (Wildman–Crippen LogP) is 3.10. The van der Waals surface area contributed by atoms with Gasteiger partial charge in [0.2, 0.25) is 11.8 Å². The smallest absolute Gasteiger partial charge is 0.278 e. The third kappa shape index (κ3) is 5.36. The number of fused-ring (bicyclic) bond motifs is 1. The summed E-state index contributed by atoms with van der Waals surface area (Å²) < 4.78 is 15.0. The zero-order valence-corrected chi connectivity index (χ0v) is 20.6. The molecule has 3 aromatic rings. The lowest BCUT2D eigenvalue weighted by Gasteiger charge is -2.26. The molecule has 36 heavy (non-hydrogen) atoms. The minimum absolute atomic E-state index is 0.0403. The molecule has 0 spiro atoms. The summed E-state index contributed by atoms with van der Waals surface area (Å²) in [6.45, 7) is 3.06. The van der Waals surface area contributed by atoms with Gasteiger partial charge in [-0.15, -0.1) is 0 Å². The van der Waals surface area contributed by atoms with Gasteiger partial charge in [-0.2, -0.15) is 0 Å². The van der Waals surface area contributed by atoms with Crippen molar-refractivity contribution in [1.82, 2.24) is 20.2 Å². The maximum atomic E-state index is 13.7. The quantitative estimate of drug-likeness (QED) is 0.471. The highest BCUT2D eigenvalue weighted by Gasteiger charge is 2.24. The van der Waals surface area contributed by atoms with Gasteiger partial charge in [0.05, 0.1) is 18.3 Å². The maximum absolute atomic E-state index is 13.7. The minimum Gasteiger partial charge on any atom is -0.348 e. The molecular weight excluding hydrogens is 461 g/mol. The second kappa shape index (κ2) is 10.8. The largest absolute Gasteiger partial charge is 0.348 e. The summed E-state index contributed by atoms with van der Waals surface area (Å²) in [4.78, 5) is 43.4. The molecule has 2 aromatic carbocycles. The predicted molar refractivity (Wildman–Crippen MR) is 136 cm³/mol. The Morgan fingerprint density at radius 3 is 2.75 bits per heavy atom. The van der Waals surface area contributed by atoms with E-state index in [9.17, 15) is 18.8 Å². The number of anilines is 1. The molecule has 0 saturated heterocycles. The number of carbonyl (C=O) groups excluding carboxylic acids is 2. The van der Waals surface area contributed by atoms with Crippen LogP contribution in [0.15, 0.2) is 53.5 Å². The lowest BCUT2D eigenvalue weighted by molar-refractivity contribution is -0.122. The number of nitrogens with one attached hydrogen (secondary N) is 3. The van der Waals surface area contributed by atoms with E-state index in [4.69, 9.17) is 0 Å². The van der Waals surface area contributed by atoms with Crippen molar-refractivity contribution in [3.8, 4) is 11.4 Å². The van der Waals surface area contributed by atoms with Gasteiger partial charge in [-0.1, -0.05) is 24.3 Å². The Hall–Kier alpha value is -3.85. The molecule has 9 heteroatoms. The van der Waals surface area contributed by atoms with E-state index in [1.807, 2.05) is 18.2 Å². The van der Waals surface area contributed by atoms with E-state index >= 15 is 0 Å². The third-order valence-corrected chi connectivity index (χ3v) is 6.57. The third-order valence-electron chi connectivity index (χ3n) is 6.57. The van der Waals surface area contributed by atoms with Crippen LogP contribution in [0.1, 0.15) is 42.5 Å². The van der Waals surface area contributed by atoms with Gasteiger partial charge in [-0.05, 0) is 75.0 Å². The van der Waals surface area contributed by atoms with Crippen molar-refractivity contribution in [3.05, 3.63) is 81.5 Å². The summed E-state index contributed by atoms with van der Waals surface area (Å²) in [6, 6.07) is 11.5. The minimum atomic E-state index is -0.570. The van der Waals surface area contributed by atoms with Crippen LogP contribution in [0.25, 0.3) is 11.4 Å². The Morgan fingerprint density at radius 2 is 2.00 bits per heavy atom. The number of aryl methyl sites for hydroxylation is 2. The van der Waals surface area contributed by atoms with Crippen LogP contribution in [0.2, 0.25) is 0 Å². The first-order valence-electron chi connectivity index (χ1n) is 12.0. The Bertz CT molecular complexity index is 1350. The van der Waals surface area contributed by atoms with Crippen LogP contribution in [-0.2, 0) is 22.6 Å². The molecule has 0 aliphatic heterocycles. The fraction of sp³-hybridized carbons (Fsp3) is 0.333. The standard InChI is InChI=1S/C27H30FN5O3/c1-16-13-19(28)11-12-20(16)25-30-14-23(32-26(35)17(2)29-3)27(36)33(25)15-24(34)31-22-10-6-8-18-7-4-5-9-21(18)22/h4-5,7,9,11-14,17,22,29H,6,8,10,15H2,1-3H3,(H,31,34)(H,32,35)/t17-,22?/m0/s1. The number of nitrogens with zero attached hydrogens (tertiary/aromatic N) is 2. The monoisotopic (exact) mass is 491 g/mol. The van der Waals surface area contributed by atoms with Gasteiger partial charge in [0.25, 0.3) is 5.56 Å².